The normalized spacial score (nSPS) is 23.3. The van der Waals surface area contributed by atoms with Gasteiger partial charge < -0.3 is 28.4 Å². The maximum atomic E-state index is 13.8. The van der Waals surface area contributed by atoms with Crippen LogP contribution < -0.4 is 0 Å². The predicted octanol–water partition coefficient (Wildman–Crippen LogP) is 7.47. The molecule has 2 saturated heterocycles. The molecule has 9 nitrogen and oxygen atoms in total. The Morgan fingerprint density at radius 2 is 1.10 bits per heavy atom. The quantitative estimate of drug-likeness (QED) is 0.126. The van der Waals surface area contributed by atoms with Crippen molar-refractivity contribution < 1.29 is 38.0 Å². The summed E-state index contributed by atoms with van der Waals surface area (Å²) >= 11 is 0. The number of nitrogens with zero attached hydrogens (tertiary/aromatic N) is 1. The van der Waals surface area contributed by atoms with E-state index in [1.165, 1.54) is 4.90 Å². The van der Waals surface area contributed by atoms with Crippen LogP contribution in [-0.4, -0.2) is 60.3 Å². The number of carbonyl (C=O) groups excluding carboxylic acids is 2. The van der Waals surface area contributed by atoms with Crippen LogP contribution in [-0.2, 0) is 59.6 Å². The van der Waals surface area contributed by atoms with E-state index in [9.17, 15) is 9.59 Å². The third-order valence-corrected chi connectivity index (χ3v) is 9.07. The van der Waals surface area contributed by atoms with Crippen LogP contribution in [0.5, 0.6) is 0 Å². The van der Waals surface area contributed by atoms with Gasteiger partial charge in [-0.25, -0.2) is 9.59 Å². The second kappa shape index (κ2) is 17.1. The first-order valence-electron chi connectivity index (χ1n) is 17.5. The summed E-state index contributed by atoms with van der Waals surface area (Å²) in [6.45, 7) is 7.11. The lowest BCUT2D eigenvalue weighted by molar-refractivity contribution is -0.147. The van der Waals surface area contributed by atoms with Crippen molar-refractivity contribution in [2.45, 2.75) is 90.3 Å². The van der Waals surface area contributed by atoms with Gasteiger partial charge in [-0.1, -0.05) is 142 Å². The second-order valence-corrected chi connectivity index (χ2v) is 14.1. The Morgan fingerprint density at radius 1 is 0.647 bits per heavy atom. The van der Waals surface area contributed by atoms with Crippen molar-refractivity contribution in [2.75, 3.05) is 6.61 Å². The number of hydrogen-bond donors (Lipinski definition) is 0. The molecule has 0 spiro atoms. The van der Waals surface area contributed by atoms with Gasteiger partial charge in [-0.3, -0.25) is 4.90 Å². The number of hydrogen-bond acceptors (Lipinski definition) is 8. The van der Waals surface area contributed by atoms with Gasteiger partial charge in [0.25, 0.3) is 0 Å². The van der Waals surface area contributed by atoms with Gasteiger partial charge in [-0.05, 0) is 22.3 Å². The van der Waals surface area contributed by atoms with Crippen LogP contribution in [0.15, 0.2) is 121 Å². The Labute approximate surface area is 300 Å². The van der Waals surface area contributed by atoms with Gasteiger partial charge in [0.05, 0.1) is 32.5 Å². The Hall–Kier alpha value is -4.54. The van der Waals surface area contributed by atoms with Crippen LogP contribution in [0.2, 0.25) is 0 Å². The summed E-state index contributed by atoms with van der Waals surface area (Å²) in [5.41, 5.74) is 3.29. The minimum Gasteiger partial charge on any atom is -0.444 e. The lowest BCUT2D eigenvalue weighted by Crippen LogP contribution is -2.50. The smallest absolute Gasteiger partial charge is 0.413 e. The van der Waals surface area contributed by atoms with Gasteiger partial charge in [0.15, 0.2) is 6.23 Å². The van der Waals surface area contributed by atoms with Crippen molar-refractivity contribution in [2.24, 2.45) is 5.41 Å². The molecule has 268 valence electrons. The number of cyclic esters (lactones) is 1. The zero-order valence-electron chi connectivity index (χ0n) is 29.5. The van der Waals surface area contributed by atoms with Crippen molar-refractivity contribution >= 4 is 12.1 Å². The van der Waals surface area contributed by atoms with Gasteiger partial charge >= 0.3 is 12.1 Å². The molecule has 2 aliphatic rings. The van der Waals surface area contributed by atoms with E-state index in [0.717, 1.165) is 22.3 Å². The fourth-order valence-electron chi connectivity index (χ4n) is 6.49. The molecular weight excluding hydrogens is 646 g/mol. The van der Waals surface area contributed by atoms with E-state index in [1.54, 1.807) is 0 Å². The highest BCUT2D eigenvalue weighted by molar-refractivity contribution is 5.84. The maximum Gasteiger partial charge on any atom is 0.413 e. The zero-order chi connectivity index (χ0) is 35.6. The largest absolute Gasteiger partial charge is 0.444 e. The van der Waals surface area contributed by atoms with Crippen molar-refractivity contribution in [3.63, 3.8) is 0 Å². The Balaban J connectivity index is 1.26. The summed E-state index contributed by atoms with van der Waals surface area (Å²) in [5, 5.41) is 0. The molecule has 51 heavy (non-hydrogen) atoms. The molecule has 0 N–H and O–H groups in total. The van der Waals surface area contributed by atoms with Crippen LogP contribution >= 0.6 is 0 Å². The number of rotatable bonds is 14. The third-order valence-electron chi connectivity index (χ3n) is 9.07. The molecule has 0 aliphatic carbocycles. The Bertz CT molecular complexity index is 1670. The lowest BCUT2D eigenvalue weighted by atomic mass is 9.92. The highest BCUT2D eigenvalue weighted by Gasteiger charge is 2.55. The average molecular weight is 694 g/mol. The minimum absolute atomic E-state index is 0.0624. The molecule has 0 bridgehead atoms. The van der Waals surface area contributed by atoms with Gasteiger partial charge in [0, 0.05) is 11.8 Å². The van der Waals surface area contributed by atoms with Crippen LogP contribution in [0.3, 0.4) is 0 Å². The first-order valence-corrected chi connectivity index (χ1v) is 17.5. The number of esters is 1. The van der Waals surface area contributed by atoms with E-state index in [1.807, 2.05) is 142 Å². The van der Waals surface area contributed by atoms with Crippen LogP contribution in [0.4, 0.5) is 4.79 Å². The summed E-state index contributed by atoms with van der Waals surface area (Å²) in [6.07, 6.45) is -3.64. The summed E-state index contributed by atoms with van der Waals surface area (Å²) < 4.78 is 37.9. The second-order valence-electron chi connectivity index (χ2n) is 14.1. The zero-order valence-corrected chi connectivity index (χ0v) is 29.5. The standard InChI is InChI=1S/C42H47NO8/c1-42(2,3)40-43(41(45)49-28-33-22-14-7-15-23-33)34(39(44)51-40)24-35-37(47-26-31-18-10-5-11-19-31)38(48-27-32-20-12-6-13-21-32)36(50-35)29-46-25-30-16-8-4-9-17-30/h4-23,34-38,40H,24-29H2,1-3H3/t34-,35-,36+,37-,38+,40-/m0/s1. The molecule has 9 heteroatoms. The molecule has 2 heterocycles. The summed E-state index contributed by atoms with van der Waals surface area (Å²) in [6, 6.07) is 38.2. The molecule has 0 unspecified atom stereocenters. The molecule has 2 fully saturated rings. The van der Waals surface area contributed by atoms with Crippen LogP contribution in [0.25, 0.3) is 0 Å². The highest BCUT2D eigenvalue weighted by Crippen LogP contribution is 2.38. The number of carbonyl (C=O) groups is 2. The van der Waals surface area contributed by atoms with Crippen molar-refractivity contribution in [1.29, 1.82) is 0 Å². The van der Waals surface area contributed by atoms with Gasteiger partial charge in [0.2, 0.25) is 0 Å². The fraction of sp³-hybridized carbons (Fsp3) is 0.381. The van der Waals surface area contributed by atoms with E-state index in [0.29, 0.717) is 19.8 Å². The molecule has 6 atom stereocenters. The molecular formula is C42H47NO8. The topological polar surface area (TPSA) is 92.8 Å². The molecule has 0 radical (unpaired) electrons. The van der Waals surface area contributed by atoms with Gasteiger partial charge in [0.1, 0.15) is 31.0 Å². The molecule has 0 aromatic heterocycles. The summed E-state index contributed by atoms with van der Waals surface area (Å²) in [7, 11) is 0. The number of benzene rings is 4. The van der Waals surface area contributed by atoms with Crippen LogP contribution in [0, 0.1) is 5.41 Å². The first-order chi connectivity index (χ1) is 24.8. The van der Waals surface area contributed by atoms with E-state index in [-0.39, 0.29) is 19.6 Å². The molecule has 1 amide bonds. The highest BCUT2D eigenvalue weighted by atomic mass is 16.6. The van der Waals surface area contributed by atoms with E-state index in [4.69, 9.17) is 28.4 Å². The van der Waals surface area contributed by atoms with E-state index in [2.05, 4.69) is 0 Å². The Morgan fingerprint density at radius 3 is 1.59 bits per heavy atom. The minimum atomic E-state index is -0.968. The third kappa shape index (κ3) is 9.62. The first kappa shape index (κ1) is 36.3. The maximum absolute atomic E-state index is 13.8. The van der Waals surface area contributed by atoms with Crippen LogP contribution in [0.1, 0.15) is 49.4 Å². The van der Waals surface area contributed by atoms with Crippen molar-refractivity contribution in [1.82, 2.24) is 4.90 Å². The summed E-state index contributed by atoms with van der Waals surface area (Å²) in [4.78, 5) is 28.9. The monoisotopic (exact) mass is 693 g/mol. The lowest BCUT2D eigenvalue weighted by Gasteiger charge is -2.34. The van der Waals surface area contributed by atoms with E-state index >= 15 is 0 Å². The van der Waals surface area contributed by atoms with Gasteiger partial charge in [-0.2, -0.15) is 0 Å². The van der Waals surface area contributed by atoms with Gasteiger partial charge in [-0.15, -0.1) is 0 Å². The molecule has 2 aliphatic heterocycles. The van der Waals surface area contributed by atoms with Crippen molar-refractivity contribution in [3.8, 4) is 0 Å². The SMILES string of the molecule is CC(C)(C)[C@@H]1OC(=O)[C@H](C[C@@H]2O[C@H](COCc3ccccc3)[C@@H](OCc3ccccc3)[C@H]2OCc2ccccc2)N1C(=O)OCc1ccccc1. The molecule has 6 rings (SSSR count). The predicted molar refractivity (Wildman–Crippen MR) is 191 cm³/mol. The molecule has 0 saturated carbocycles. The van der Waals surface area contributed by atoms with E-state index < -0.39 is 54.2 Å². The fourth-order valence-corrected chi connectivity index (χ4v) is 6.49. The molecule has 4 aromatic carbocycles. The molecule has 4 aromatic rings. The summed E-state index contributed by atoms with van der Waals surface area (Å²) in [5.74, 6) is -0.512. The van der Waals surface area contributed by atoms with Crippen molar-refractivity contribution in [3.05, 3.63) is 144 Å². The number of amides is 1. The number of ether oxygens (including phenoxy) is 6. The average Bonchev–Trinajstić information content (AvgIpc) is 3.66. The Kier molecular flexibility index (Phi) is 12.2.